The first-order valence-electron chi connectivity index (χ1n) is 7.44. The molecule has 1 unspecified atom stereocenters. The number of carbonyl (C=O) groups excluding carboxylic acids is 1. The average Bonchev–Trinajstić information content (AvgIpc) is 2.88. The normalized spacial score (nSPS) is 35.9. The van der Waals surface area contributed by atoms with Gasteiger partial charge < -0.3 is 14.9 Å². The molecule has 5 heteroatoms. The van der Waals surface area contributed by atoms with E-state index >= 15 is 0 Å². The zero-order valence-electron chi connectivity index (χ0n) is 12.4. The van der Waals surface area contributed by atoms with Crippen molar-refractivity contribution in [2.45, 2.75) is 51.4 Å². The van der Waals surface area contributed by atoms with Crippen LogP contribution < -0.4 is 0 Å². The van der Waals surface area contributed by atoms with Crippen molar-refractivity contribution >= 4 is 17.6 Å². The largest absolute Gasteiger partial charge is 0.462 e. The Morgan fingerprint density at radius 2 is 2.29 bits per heavy atom. The monoisotopic (exact) mass is 314 g/mol. The molecule has 6 atom stereocenters. The van der Waals surface area contributed by atoms with Crippen molar-refractivity contribution in [3.8, 4) is 0 Å². The van der Waals surface area contributed by atoms with Gasteiger partial charge in [-0.15, -0.1) is 0 Å². The lowest BCUT2D eigenvalue weighted by atomic mass is 9.90. The van der Waals surface area contributed by atoms with Gasteiger partial charge in [0.2, 0.25) is 0 Å². The first kappa shape index (κ1) is 16.5. The van der Waals surface area contributed by atoms with Gasteiger partial charge in [0.15, 0.2) is 0 Å². The molecule has 1 aliphatic heterocycles. The third kappa shape index (κ3) is 4.09. The number of aliphatic hydroxyl groups is 2. The van der Waals surface area contributed by atoms with Crippen molar-refractivity contribution in [1.82, 2.24) is 0 Å². The van der Waals surface area contributed by atoms with Gasteiger partial charge in [-0.25, -0.2) is 0 Å². The second-order valence-electron chi connectivity index (χ2n) is 6.16. The van der Waals surface area contributed by atoms with Gasteiger partial charge in [-0.2, -0.15) is 0 Å². The highest BCUT2D eigenvalue weighted by molar-refractivity contribution is 6.29. The summed E-state index contributed by atoms with van der Waals surface area (Å²) in [4.78, 5) is 11.3. The van der Waals surface area contributed by atoms with Crippen LogP contribution in [0, 0.1) is 17.8 Å². The van der Waals surface area contributed by atoms with E-state index in [-0.39, 0.29) is 29.8 Å². The summed E-state index contributed by atoms with van der Waals surface area (Å²) in [6.07, 6.45) is 5.73. The van der Waals surface area contributed by atoms with E-state index < -0.39 is 12.2 Å². The quantitative estimate of drug-likeness (QED) is 0.604. The summed E-state index contributed by atoms with van der Waals surface area (Å²) < 4.78 is 5.19. The lowest BCUT2D eigenvalue weighted by molar-refractivity contribution is -0.141. The predicted octanol–water partition coefficient (Wildman–Crippen LogP) is 2.38. The van der Waals surface area contributed by atoms with Gasteiger partial charge in [-0.05, 0) is 19.3 Å². The predicted molar refractivity (Wildman–Crippen MR) is 80.6 cm³/mol. The standard InChI is InChI=1S/C16H23ClO4/c1-9(3-4-10(2)17)13(18)6-5-11-12-7-16(20)21-15(12)8-14(11)19/h4-6,9,11-15,18-19H,3,7-8H2,1-2H3/b6-5+,10-4-/t9?,11-,12-,13-,14-,15+/m1/s1. The van der Waals surface area contributed by atoms with Crippen LogP contribution in [0.1, 0.15) is 33.1 Å². The van der Waals surface area contributed by atoms with E-state index in [2.05, 4.69) is 0 Å². The summed E-state index contributed by atoms with van der Waals surface area (Å²) in [5, 5.41) is 20.9. The van der Waals surface area contributed by atoms with E-state index in [1.165, 1.54) is 0 Å². The minimum Gasteiger partial charge on any atom is -0.462 e. The topological polar surface area (TPSA) is 66.8 Å². The first-order chi connectivity index (χ1) is 9.88. The molecule has 1 heterocycles. The highest BCUT2D eigenvalue weighted by atomic mass is 35.5. The van der Waals surface area contributed by atoms with Crippen LogP contribution in [0.5, 0.6) is 0 Å². The fourth-order valence-electron chi connectivity index (χ4n) is 3.11. The summed E-state index contributed by atoms with van der Waals surface area (Å²) in [7, 11) is 0. The summed E-state index contributed by atoms with van der Waals surface area (Å²) in [6, 6.07) is 0. The van der Waals surface area contributed by atoms with Gasteiger partial charge in [0, 0.05) is 23.3 Å². The summed E-state index contributed by atoms with van der Waals surface area (Å²) in [5.41, 5.74) is 0. The first-order valence-corrected chi connectivity index (χ1v) is 7.82. The minimum atomic E-state index is -0.596. The van der Waals surface area contributed by atoms with Gasteiger partial charge in [-0.1, -0.05) is 36.8 Å². The number of ether oxygens (including phenoxy) is 1. The third-order valence-corrected chi connectivity index (χ3v) is 4.61. The molecule has 1 aliphatic carbocycles. The van der Waals surface area contributed by atoms with Gasteiger partial charge in [0.05, 0.1) is 18.6 Å². The van der Waals surface area contributed by atoms with Crippen molar-refractivity contribution in [2.24, 2.45) is 17.8 Å². The van der Waals surface area contributed by atoms with Gasteiger partial charge >= 0.3 is 5.97 Å². The Morgan fingerprint density at radius 1 is 1.57 bits per heavy atom. The molecule has 2 N–H and O–H groups in total. The lowest BCUT2D eigenvalue weighted by Crippen LogP contribution is -2.20. The number of carbonyl (C=O) groups is 1. The maximum absolute atomic E-state index is 11.3. The molecule has 0 aromatic carbocycles. The van der Waals surface area contributed by atoms with Crippen LogP contribution in [0.2, 0.25) is 0 Å². The van der Waals surface area contributed by atoms with Crippen molar-refractivity contribution in [1.29, 1.82) is 0 Å². The Labute approximate surface area is 130 Å². The number of aliphatic hydroxyl groups excluding tert-OH is 2. The molecule has 0 aromatic rings. The van der Waals surface area contributed by atoms with Crippen LogP contribution >= 0.6 is 11.6 Å². The van der Waals surface area contributed by atoms with Crippen LogP contribution in [-0.4, -0.2) is 34.5 Å². The third-order valence-electron chi connectivity index (χ3n) is 4.46. The molecule has 0 bridgehead atoms. The molecule has 118 valence electrons. The van der Waals surface area contributed by atoms with Crippen LogP contribution in [0.15, 0.2) is 23.3 Å². The van der Waals surface area contributed by atoms with Crippen LogP contribution in [0.25, 0.3) is 0 Å². The van der Waals surface area contributed by atoms with Crippen molar-refractivity contribution in [3.05, 3.63) is 23.3 Å². The molecule has 0 amide bonds. The smallest absolute Gasteiger partial charge is 0.306 e. The molecule has 1 saturated heterocycles. The zero-order valence-corrected chi connectivity index (χ0v) is 13.2. The maximum Gasteiger partial charge on any atom is 0.306 e. The van der Waals surface area contributed by atoms with Crippen LogP contribution in [0.3, 0.4) is 0 Å². The molecule has 2 rings (SSSR count). The highest BCUT2D eigenvalue weighted by Crippen LogP contribution is 2.42. The number of rotatable bonds is 5. The summed E-state index contributed by atoms with van der Waals surface area (Å²) in [5.74, 6) is -0.220. The van der Waals surface area contributed by atoms with Crippen molar-refractivity contribution in [3.63, 3.8) is 0 Å². The van der Waals surface area contributed by atoms with E-state index in [0.29, 0.717) is 24.3 Å². The zero-order chi connectivity index (χ0) is 15.6. The fourth-order valence-corrected chi connectivity index (χ4v) is 3.20. The summed E-state index contributed by atoms with van der Waals surface area (Å²) in [6.45, 7) is 3.75. The Morgan fingerprint density at radius 3 is 2.95 bits per heavy atom. The average molecular weight is 315 g/mol. The van der Waals surface area contributed by atoms with E-state index in [1.807, 2.05) is 26.0 Å². The molecule has 4 nitrogen and oxygen atoms in total. The second kappa shape index (κ2) is 6.95. The van der Waals surface area contributed by atoms with E-state index in [0.717, 1.165) is 0 Å². The number of hydrogen-bond donors (Lipinski definition) is 2. The number of allylic oxidation sites excluding steroid dienone is 2. The Balaban J connectivity index is 1.93. The molecule has 0 radical (unpaired) electrons. The van der Waals surface area contributed by atoms with E-state index in [4.69, 9.17) is 16.3 Å². The van der Waals surface area contributed by atoms with Crippen LogP contribution in [-0.2, 0) is 9.53 Å². The van der Waals surface area contributed by atoms with Gasteiger partial charge in [-0.3, -0.25) is 4.79 Å². The number of fused-ring (bicyclic) bond motifs is 1. The van der Waals surface area contributed by atoms with E-state index in [9.17, 15) is 15.0 Å². The summed E-state index contributed by atoms with van der Waals surface area (Å²) >= 11 is 5.78. The van der Waals surface area contributed by atoms with Gasteiger partial charge in [0.25, 0.3) is 0 Å². The lowest BCUT2D eigenvalue weighted by Gasteiger charge is -2.17. The van der Waals surface area contributed by atoms with Crippen molar-refractivity contribution in [2.75, 3.05) is 0 Å². The van der Waals surface area contributed by atoms with E-state index in [1.54, 1.807) is 6.08 Å². The highest BCUT2D eigenvalue weighted by Gasteiger charge is 2.48. The van der Waals surface area contributed by atoms with Crippen molar-refractivity contribution < 1.29 is 19.7 Å². The molecule has 21 heavy (non-hydrogen) atoms. The SMILES string of the molecule is C/C(Cl)=C/CC(C)[C@H](O)/C=C/[C@@H]1[C@H]2CC(=O)O[C@H]2C[C@H]1O. The molecule has 1 saturated carbocycles. The number of esters is 1. The molecular weight excluding hydrogens is 292 g/mol. The molecule has 2 fully saturated rings. The molecular formula is C16H23ClO4. The molecule has 2 aliphatic rings. The minimum absolute atomic E-state index is 0.0382. The fraction of sp³-hybridized carbons (Fsp3) is 0.688. The van der Waals surface area contributed by atoms with Crippen LogP contribution in [0.4, 0.5) is 0 Å². The Hall–Kier alpha value is -0.840. The Bertz CT molecular complexity index is 442. The van der Waals surface area contributed by atoms with Gasteiger partial charge in [0.1, 0.15) is 6.10 Å². The maximum atomic E-state index is 11.3. The number of hydrogen-bond acceptors (Lipinski definition) is 4. The molecule has 0 aromatic heterocycles. The molecule has 0 spiro atoms. The Kier molecular flexibility index (Phi) is 5.47. The number of halogens is 1. The second-order valence-corrected chi connectivity index (χ2v) is 6.75.